The normalized spacial score (nSPS) is 14.5. The van der Waals surface area contributed by atoms with Crippen LogP contribution >= 0.6 is 11.3 Å². The number of aromatic amines is 1. The van der Waals surface area contributed by atoms with E-state index in [9.17, 15) is 4.79 Å². The van der Waals surface area contributed by atoms with E-state index in [-0.39, 0.29) is 5.91 Å². The molecule has 0 bridgehead atoms. The summed E-state index contributed by atoms with van der Waals surface area (Å²) in [6.07, 6.45) is 0.715. The molecule has 1 aliphatic heterocycles. The molecule has 136 valence electrons. The zero-order valence-corrected chi connectivity index (χ0v) is 16.0. The Labute approximate surface area is 156 Å². The number of thiophene rings is 1. The maximum atomic E-state index is 12.9. The van der Waals surface area contributed by atoms with E-state index in [1.54, 1.807) is 11.3 Å². The molecule has 1 N–H and O–H groups in total. The molecule has 3 aromatic rings. The molecule has 0 radical (unpaired) electrons. The number of nitrogens with one attached hydrogen (secondary N) is 1. The van der Waals surface area contributed by atoms with E-state index in [1.165, 1.54) is 4.88 Å². The van der Waals surface area contributed by atoms with Crippen molar-refractivity contribution in [1.82, 2.24) is 29.9 Å². The predicted octanol–water partition coefficient (Wildman–Crippen LogP) is 2.86. The van der Waals surface area contributed by atoms with Gasteiger partial charge in [-0.2, -0.15) is 5.10 Å². The molecule has 7 nitrogen and oxygen atoms in total. The third kappa shape index (κ3) is 3.05. The highest BCUT2D eigenvalue weighted by molar-refractivity contribution is 7.15. The lowest BCUT2D eigenvalue weighted by Crippen LogP contribution is -2.34. The van der Waals surface area contributed by atoms with Crippen LogP contribution in [0.3, 0.4) is 0 Å². The van der Waals surface area contributed by atoms with E-state index in [0.717, 1.165) is 28.8 Å². The summed E-state index contributed by atoms with van der Waals surface area (Å²) in [6.45, 7) is 8.30. The monoisotopic (exact) mass is 370 g/mol. The number of carbonyl (C=O) groups excluding carboxylic acids is 1. The standard InChI is InChI=1S/C18H22N6OS/c1-11(2)17-22-21-16-6-7-23(8-9-24(16)17)18(25)14-10-13(19-20-14)15-5-4-12(3)26-15/h4-5,10-11H,6-9H2,1-3H3,(H,19,20). The van der Waals surface area contributed by atoms with Crippen molar-refractivity contribution >= 4 is 17.2 Å². The highest BCUT2D eigenvalue weighted by Gasteiger charge is 2.25. The van der Waals surface area contributed by atoms with Gasteiger partial charge in [0.25, 0.3) is 5.91 Å². The molecule has 4 rings (SSSR count). The van der Waals surface area contributed by atoms with E-state index in [4.69, 9.17) is 0 Å². The molecule has 1 amide bonds. The van der Waals surface area contributed by atoms with Crippen LogP contribution in [0.25, 0.3) is 10.6 Å². The quantitative estimate of drug-likeness (QED) is 0.769. The highest BCUT2D eigenvalue weighted by atomic mass is 32.1. The first-order chi connectivity index (χ1) is 12.5. The fourth-order valence-corrected chi connectivity index (χ4v) is 4.11. The minimum Gasteiger partial charge on any atom is -0.335 e. The predicted molar refractivity (Wildman–Crippen MR) is 100 cm³/mol. The topological polar surface area (TPSA) is 79.7 Å². The maximum Gasteiger partial charge on any atom is 0.274 e. The number of hydrogen-bond acceptors (Lipinski definition) is 5. The Bertz CT molecular complexity index is 937. The molecule has 1 aliphatic rings. The summed E-state index contributed by atoms with van der Waals surface area (Å²) in [6, 6.07) is 5.96. The van der Waals surface area contributed by atoms with Gasteiger partial charge in [-0.15, -0.1) is 21.5 Å². The average molecular weight is 370 g/mol. The SMILES string of the molecule is Cc1ccc(-c2cc(C(=O)N3CCc4nnc(C(C)C)n4CC3)n[nH]2)s1. The van der Waals surface area contributed by atoms with Gasteiger partial charge in [-0.25, -0.2) is 0 Å². The second-order valence-electron chi connectivity index (χ2n) is 6.90. The number of amides is 1. The Morgan fingerprint density at radius 2 is 2.08 bits per heavy atom. The zero-order valence-electron chi connectivity index (χ0n) is 15.2. The van der Waals surface area contributed by atoms with Crippen LogP contribution < -0.4 is 0 Å². The van der Waals surface area contributed by atoms with Crippen LogP contribution in [-0.4, -0.2) is 48.9 Å². The maximum absolute atomic E-state index is 12.9. The number of carbonyl (C=O) groups is 1. The summed E-state index contributed by atoms with van der Waals surface area (Å²) < 4.78 is 2.16. The largest absolute Gasteiger partial charge is 0.335 e. The van der Waals surface area contributed by atoms with E-state index in [0.29, 0.717) is 31.1 Å². The van der Waals surface area contributed by atoms with Gasteiger partial charge >= 0.3 is 0 Å². The number of aryl methyl sites for hydroxylation is 1. The van der Waals surface area contributed by atoms with Gasteiger partial charge in [-0.05, 0) is 25.1 Å². The van der Waals surface area contributed by atoms with E-state index in [1.807, 2.05) is 17.0 Å². The van der Waals surface area contributed by atoms with E-state index >= 15 is 0 Å². The number of hydrogen-bond donors (Lipinski definition) is 1. The van der Waals surface area contributed by atoms with Crippen LogP contribution in [0.5, 0.6) is 0 Å². The number of H-pyrrole nitrogens is 1. The van der Waals surface area contributed by atoms with Crippen LogP contribution in [0, 0.1) is 6.92 Å². The summed E-state index contributed by atoms with van der Waals surface area (Å²) in [5, 5.41) is 15.8. The summed E-state index contributed by atoms with van der Waals surface area (Å²) in [5.41, 5.74) is 1.35. The van der Waals surface area contributed by atoms with Gasteiger partial charge in [-0.1, -0.05) is 13.8 Å². The Balaban J connectivity index is 1.50. The minimum absolute atomic E-state index is 0.0365. The minimum atomic E-state index is -0.0365. The Morgan fingerprint density at radius 3 is 2.81 bits per heavy atom. The number of rotatable bonds is 3. The number of aromatic nitrogens is 5. The van der Waals surface area contributed by atoms with Crippen LogP contribution in [0.4, 0.5) is 0 Å². The average Bonchev–Trinajstić information content (AvgIpc) is 3.31. The van der Waals surface area contributed by atoms with Crippen molar-refractivity contribution in [3.8, 4) is 10.6 Å². The van der Waals surface area contributed by atoms with Crippen molar-refractivity contribution in [3.63, 3.8) is 0 Å². The van der Waals surface area contributed by atoms with Gasteiger partial charge in [0.05, 0.1) is 10.6 Å². The zero-order chi connectivity index (χ0) is 18.3. The molecule has 0 fully saturated rings. The number of nitrogens with zero attached hydrogens (tertiary/aromatic N) is 5. The van der Waals surface area contributed by atoms with Crippen molar-refractivity contribution in [2.24, 2.45) is 0 Å². The first kappa shape index (κ1) is 17.0. The van der Waals surface area contributed by atoms with E-state index < -0.39 is 0 Å². The fraction of sp³-hybridized carbons (Fsp3) is 0.444. The second kappa shape index (κ2) is 6.68. The smallest absolute Gasteiger partial charge is 0.274 e. The van der Waals surface area contributed by atoms with Crippen molar-refractivity contribution < 1.29 is 4.79 Å². The van der Waals surface area contributed by atoms with Crippen molar-refractivity contribution in [1.29, 1.82) is 0 Å². The Kier molecular flexibility index (Phi) is 4.36. The molecule has 0 aliphatic carbocycles. The Hall–Kier alpha value is -2.48. The molecular weight excluding hydrogens is 348 g/mol. The van der Waals surface area contributed by atoms with Gasteiger partial charge in [0.2, 0.25) is 0 Å². The van der Waals surface area contributed by atoms with Gasteiger partial charge < -0.3 is 9.47 Å². The summed E-state index contributed by atoms with van der Waals surface area (Å²) >= 11 is 1.69. The molecule has 0 saturated carbocycles. The Morgan fingerprint density at radius 1 is 1.23 bits per heavy atom. The lowest BCUT2D eigenvalue weighted by Gasteiger charge is -2.19. The molecular formula is C18H22N6OS. The molecule has 0 saturated heterocycles. The molecule has 26 heavy (non-hydrogen) atoms. The lowest BCUT2D eigenvalue weighted by molar-refractivity contribution is 0.0752. The number of fused-ring (bicyclic) bond motifs is 1. The first-order valence-electron chi connectivity index (χ1n) is 8.86. The molecule has 4 heterocycles. The van der Waals surface area contributed by atoms with Gasteiger partial charge in [0.15, 0.2) is 5.69 Å². The van der Waals surface area contributed by atoms with Crippen molar-refractivity contribution in [2.75, 3.05) is 13.1 Å². The molecule has 0 unspecified atom stereocenters. The van der Waals surface area contributed by atoms with E-state index in [2.05, 4.69) is 51.8 Å². The van der Waals surface area contributed by atoms with Gasteiger partial charge in [0.1, 0.15) is 11.6 Å². The van der Waals surface area contributed by atoms with Crippen molar-refractivity contribution in [2.45, 2.75) is 39.7 Å². The van der Waals surface area contributed by atoms with Crippen LogP contribution in [0.15, 0.2) is 18.2 Å². The van der Waals surface area contributed by atoms with Gasteiger partial charge in [0, 0.05) is 36.9 Å². The van der Waals surface area contributed by atoms with Crippen molar-refractivity contribution in [3.05, 3.63) is 40.4 Å². The van der Waals surface area contributed by atoms with Crippen LogP contribution in [0.1, 0.15) is 46.8 Å². The van der Waals surface area contributed by atoms with Crippen LogP contribution in [-0.2, 0) is 13.0 Å². The third-order valence-electron chi connectivity index (χ3n) is 4.66. The second-order valence-corrected chi connectivity index (χ2v) is 8.19. The first-order valence-corrected chi connectivity index (χ1v) is 9.68. The summed E-state index contributed by atoms with van der Waals surface area (Å²) in [4.78, 5) is 17.1. The van der Waals surface area contributed by atoms with Gasteiger partial charge in [-0.3, -0.25) is 9.89 Å². The summed E-state index contributed by atoms with van der Waals surface area (Å²) in [7, 11) is 0. The molecule has 3 aromatic heterocycles. The van der Waals surface area contributed by atoms with Crippen LogP contribution in [0.2, 0.25) is 0 Å². The fourth-order valence-electron chi connectivity index (χ4n) is 3.27. The lowest BCUT2D eigenvalue weighted by atomic mass is 10.2. The highest BCUT2D eigenvalue weighted by Crippen LogP contribution is 2.26. The molecule has 8 heteroatoms. The molecule has 0 aromatic carbocycles. The third-order valence-corrected chi connectivity index (χ3v) is 5.70. The molecule has 0 spiro atoms. The summed E-state index contributed by atoms with van der Waals surface area (Å²) in [5.74, 6) is 2.23. The molecule has 0 atom stereocenters.